The number of hydrogen-bond donors (Lipinski definition) is 0. The van der Waals surface area contributed by atoms with E-state index in [2.05, 4.69) is 76.4 Å². The maximum absolute atomic E-state index is 4.80. The molecule has 27 heavy (non-hydrogen) atoms. The normalized spacial score (nSPS) is 16.0. The molecule has 2 heterocycles. The Morgan fingerprint density at radius 3 is 2.37 bits per heavy atom. The standard InChI is InChI=1S/C24H23N3/c1-2-8-18(9-3-1)21-15-14-20(16-25-21)24(19-10-4-5-11-19)27-17-26-22-12-6-7-13-23(22)27/h1-3,6-9,12-17,19,24H,4-5,10-11H2. The molecule has 1 atom stereocenters. The van der Waals surface area contributed by atoms with E-state index in [9.17, 15) is 0 Å². The zero-order chi connectivity index (χ0) is 18.1. The monoisotopic (exact) mass is 353 g/mol. The molecule has 1 aliphatic rings. The zero-order valence-corrected chi connectivity index (χ0v) is 15.3. The van der Waals surface area contributed by atoms with E-state index < -0.39 is 0 Å². The van der Waals surface area contributed by atoms with Gasteiger partial charge in [-0.15, -0.1) is 0 Å². The second-order valence-electron chi connectivity index (χ2n) is 7.47. The molecule has 0 radical (unpaired) electrons. The van der Waals surface area contributed by atoms with Gasteiger partial charge in [0.25, 0.3) is 0 Å². The van der Waals surface area contributed by atoms with Gasteiger partial charge < -0.3 is 4.57 Å². The molecule has 0 bridgehead atoms. The molecule has 0 saturated heterocycles. The van der Waals surface area contributed by atoms with E-state index in [1.807, 2.05) is 12.4 Å². The van der Waals surface area contributed by atoms with Gasteiger partial charge in [0.2, 0.25) is 0 Å². The first-order valence-electron chi connectivity index (χ1n) is 9.83. The van der Waals surface area contributed by atoms with Gasteiger partial charge in [0.05, 0.1) is 29.1 Å². The van der Waals surface area contributed by atoms with Crippen molar-refractivity contribution in [1.82, 2.24) is 14.5 Å². The summed E-state index contributed by atoms with van der Waals surface area (Å²) in [7, 11) is 0. The van der Waals surface area contributed by atoms with Crippen molar-refractivity contribution in [3.05, 3.63) is 84.8 Å². The number of benzene rings is 2. The Morgan fingerprint density at radius 1 is 0.815 bits per heavy atom. The van der Waals surface area contributed by atoms with Gasteiger partial charge in [-0.3, -0.25) is 4.98 Å². The first kappa shape index (κ1) is 16.2. The van der Waals surface area contributed by atoms with Crippen molar-refractivity contribution in [1.29, 1.82) is 0 Å². The van der Waals surface area contributed by atoms with Crippen molar-refractivity contribution in [2.24, 2.45) is 5.92 Å². The van der Waals surface area contributed by atoms with Crippen molar-refractivity contribution >= 4 is 11.0 Å². The SMILES string of the molecule is c1ccc(-c2ccc(C(C3CCCC3)n3cnc4ccccc43)cn2)cc1. The molecule has 1 fully saturated rings. The van der Waals surface area contributed by atoms with Crippen LogP contribution in [-0.2, 0) is 0 Å². The second kappa shape index (κ2) is 6.99. The molecular formula is C24H23N3. The molecule has 0 amide bonds. The second-order valence-corrected chi connectivity index (χ2v) is 7.47. The van der Waals surface area contributed by atoms with Gasteiger partial charge >= 0.3 is 0 Å². The average Bonchev–Trinajstić information content (AvgIpc) is 3.41. The fraction of sp³-hybridized carbons (Fsp3) is 0.250. The summed E-state index contributed by atoms with van der Waals surface area (Å²) in [6, 6.07) is 23.5. The van der Waals surface area contributed by atoms with Crippen LogP contribution in [0.15, 0.2) is 79.3 Å². The number of nitrogens with zero attached hydrogens (tertiary/aromatic N) is 3. The Balaban J connectivity index is 1.57. The van der Waals surface area contributed by atoms with Gasteiger partial charge in [-0.2, -0.15) is 0 Å². The van der Waals surface area contributed by atoms with Crippen LogP contribution in [0.3, 0.4) is 0 Å². The highest BCUT2D eigenvalue weighted by Crippen LogP contribution is 2.39. The molecule has 0 spiro atoms. The number of aromatic nitrogens is 3. The molecule has 0 N–H and O–H groups in total. The van der Waals surface area contributed by atoms with Gasteiger partial charge in [0, 0.05) is 11.8 Å². The molecule has 2 aromatic carbocycles. The molecule has 0 aliphatic heterocycles. The zero-order valence-electron chi connectivity index (χ0n) is 15.3. The number of rotatable bonds is 4. The predicted molar refractivity (Wildman–Crippen MR) is 110 cm³/mol. The summed E-state index contributed by atoms with van der Waals surface area (Å²) in [5.41, 5.74) is 5.75. The van der Waals surface area contributed by atoms with Crippen LogP contribution >= 0.6 is 0 Å². The van der Waals surface area contributed by atoms with Crippen LogP contribution in [0.2, 0.25) is 0 Å². The van der Waals surface area contributed by atoms with Crippen molar-refractivity contribution in [2.45, 2.75) is 31.7 Å². The number of para-hydroxylation sites is 2. The van der Waals surface area contributed by atoms with E-state index in [-0.39, 0.29) is 0 Å². The smallest absolute Gasteiger partial charge is 0.0964 e. The predicted octanol–water partition coefficient (Wildman–Crippen LogP) is 5.88. The van der Waals surface area contributed by atoms with Gasteiger partial charge in [-0.05, 0) is 42.5 Å². The van der Waals surface area contributed by atoms with Gasteiger partial charge in [0.1, 0.15) is 0 Å². The van der Waals surface area contributed by atoms with Crippen molar-refractivity contribution < 1.29 is 0 Å². The van der Waals surface area contributed by atoms with Crippen LogP contribution in [0, 0.1) is 5.92 Å². The summed E-state index contributed by atoms with van der Waals surface area (Å²) in [5, 5.41) is 0. The Morgan fingerprint density at radius 2 is 1.59 bits per heavy atom. The van der Waals surface area contributed by atoms with E-state index in [4.69, 9.17) is 4.98 Å². The number of hydrogen-bond acceptors (Lipinski definition) is 2. The van der Waals surface area contributed by atoms with Crippen LogP contribution in [0.5, 0.6) is 0 Å². The Kier molecular flexibility index (Phi) is 4.21. The fourth-order valence-electron chi connectivity index (χ4n) is 4.49. The number of fused-ring (bicyclic) bond motifs is 1. The molecule has 1 saturated carbocycles. The maximum atomic E-state index is 4.80. The summed E-state index contributed by atoms with van der Waals surface area (Å²) in [4.78, 5) is 9.44. The van der Waals surface area contributed by atoms with Crippen LogP contribution in [0.1, 0.15) is 37.3 Å². The Labute approximate surface area is 159 Å². The molecule has 134 valence electrons. The summed E-state index contributed by atoms with van der Waals surface area (Å²) in [6.07, 6.45) is 9.28. The highest BCUT2D eigenvalue weighted by Gasteiger charge is 2.29. The van der Waals surface area contributed by atoms with Crippen LogP contribution in [0.4, 0.5) is 0 Å². The summed E-state index contributed by atoms with van der Waals surface area (Å²) >= 11 is 0. The molecule has 3 nitrogen and oxygen atoms in total. The summed E-state index contributed by atoms with van der Waals surface area (Å²) < 4.78 is 2.37. The third-order valence-corrected chi connectivity index (χ3v) is 5.82. The molecule has 3 heteroatoms. The minimum absolute atomic E-state index is 0.303. The minimum Gasteiger partial charge on any atom is -0.323 e. The summed E-state index contributed by atoms with van der Waals surface area (Å²) in [6.45, 7) is 0. The van der Waals surface area contributed by atoms with E-state index >= 15 is 0 Å². The lowest BCUT2D eigenvalue weighted by Crippen LogP contribution is -2.18. The molecular weight excluding hydrogens is 330 g/mol. The van der Waals surface area contributed by atoms with Crippen LogP contribution in [-0.4, -0.2) is 14.5 Å². The lowest BCUT2D eigenvalue weighted by Gasteiger charge is -2.26. The lowest BCUT2D eigenvalue weighted by molar-refractivity contribution is 0.391. The maximum Gasteiger partial charge on any atom is 0.0964 e. The largest absolute Gasteiger partial charge is 0.323 e. The highest BCUT2D eigenvalue weighted by atomic mass is 15.1. The first-order chi connectivity index (χ1) is 13.4. The molecule has 5 rings (SSSR count). The molecule has 4 aromatic rings. The Bertz CT molecular complexity index is 1030. The number of imidazole rings is 1. The lowest BCUT2D eigenvalue weighted by atomic mass is 9.92. The van der Waals surface area contributed by atoms with Crippen molar-refractivity contribution in [3.8, 4) is 11.3 Å². The average molecular weight is 353 g/mol. The van der Waals surface area contributed by atoms with E-state index in [1.165, 1.54) is 36.8 Å². The Hall–Kier alpha value is -2.94. The van der Waals surface area contributed by atoms with Gasteiger partial charge in [-0.1, -0.05) is 61.4 Å². The minimum atomic E-state index is 0.303. The van der Waals surface area contributed by atoms with Gasteiger partial charge in [0.15, 0.2) is 0 Å². The molecule has 1 aliphatic carbocycles. The van der Waals surface area contributed by atoms with E-state index in [0.29, 0.717) is 12.0 Å². The number of pyridine rings is 1. The third kappa shape index (κ3) is 3.03. The van der Waals surface area contributed by atoms with Crippen molar-refractivity contribution in [2.75, 3.05) is 0 Å². The van der Waals surface area contributed by atoms with Crippen LogP contribution < -0.4 is 0 Å². The third-order valence-electron chi connectivity index (χ3n) is 5.82. The summed E-state index contributed by atoms with van der Waals surface area (Å²) in [5.74, 6) is 0.645. The quantitative estimate of drug-likeness (QED) is 0.459. The van der Waals surface area contributed by atoms with Crippen molar-refractivity contribution in [3.63, 3.8) is 0 Å². The van der Waals surface area contributed by atoms with Crippen LogP contribution in [0.25, 0.3) is 22.3 Å². The highest BCUT2D eigenvalue weighted by molar-refractivity contribution is 5.75. The molecule has 2 aromatic heterocycles. The first-order valence-corrected chi connectivity index (χ1v) is 9.83. The van der Waals surface area contributed by atoms with E-state index in [0.717, 1.165) is 16.8 Å². The van der Waals surface area contributed by atoms with Gasteiger partial charge in [-0.25, -0.2) is 4.98 Å². The molecule has 1 unspecified atom stereocenters. The fourth-order valence-corrected chi connectivity index (χ4v) is 4.49. The van der Waals surface area contributed by atoms with E-state index in [1.54, 1.807) is 0 Å². The topological polar surface area (TPSA) is 30.7 Å².